The summed E-state index contributed by atoms with van der Waals surface area (Å²) in [6, 6.07) is 8.11. The molecule has 0 saturated heterocycles. The number of hydrogen-bond donors (Lipinski definition) is 2. The molecule has 2 aromatic rings. The molecule has 2 rings (SSSR count). The van der Waals surface area contributed by atoms with Gasteiger partial charge in [-0.15, -0.1) is 0 Å². The first-order chi connectivity index (χ1) is 12.7. The van der Waals surface area contributed by atoms with Crippen molar-refractivity contribution in [1.29, 1.82) is 0 Å². The molecule has 0 saturated carbocycles. The zero-order valence-corrected chi connectivity index (χ0v) is 15.2. The Morgan fingerprint density at radius 1 is 1.22 bits per heavy atom. The maximum atomic E-state index is 11.8. The number of amides is 1. The highest BCUT2D eigenvalue weighted by Crippen LogP contribution is 2.27. The van der Waals surface area contributed by atoms with Crippen LogP contribution in [-0.4, -0.2) is 43.2 Å². The lowest BCUT2D eigenvalue weighted by molar-refractivity contribution is -0.384. The SMILES string of the molecule is CS(=O)(=O)c1ccc(NCCNC(=O)Cn2ccccc2=O)c([N+](=O)[O-])c1. The summed E-state index contributed by atoms with van der Waals surface area (Å²) in [5.41, 5.74) is -0.534. The van der Waals surface area contributed by atoms with Gasteiger partial charge in [-0.1, -0.05) is 6.07 Å². The maximum absolute atomic E-state index is 11.8. The van der Waals surface area contributed by atoms with E-state index < -0.39 is 14.8 Å². The highest BCUT2D eigenvalue weighted by Gasteiger charge is 2.18. The minimum atomic E-state index is -3.56. The van der Waals surface area contributed by atoms with Gasteiger partial charge in [-0.25, -0.2) is 8.42 Å². The topological polar surface area (TPSA) is 140 Å². The number of nitrogens with one attached hydrogen (secondary N) is 2. The molecule has 1 heterocycles. The third kappa shape index (κ3) is 5.64. The van der Waals surface area contributed by atoms with E-state index in [1.165, 1.54) is 29.0 Å². The summed E-state index contributed by atoms with van der Waals surface area (Å²) in [7, 11) is -3.56. The molecular weight excluding hydrogens is 376 g/mol. The van der Waals surface area contributed by atoms with Gasteiger partial charge in [-0.05, 0) is 18.2 Å². The Bertz CT molecular complexity index is 1020. The first-order valence-corrected chi connectivity index (χ1v) is 9.72. The smallest absolute Gasteiger partial charge is 0.293 e. The lowest BCUT2D eigenvalue weighted by Crippen LogP contribution is -2.34. The van der Waals surface area contributed by atoms with Crippen LogP contribution < -0.4 is 16.2 Å². The number of benzene rings is 1. The summed E-state index contributed by atoms with van der Waals surface area (Å²) in [5, 5.41) is 16.5. The number of anilines is 1. The Balaban J connectivity index is 1.93. The molecule has 0 bridgehead atoms. The van der Waals surface area contributed by atoms with Crippen LogP contribution in [0.15, 0.2) is 52.3 Å². The number of hydrogen-bond acceptors (Lipinski definition) is 7. The van der Waals surface area contributed by atoms with Gasteiger partial charge in [0, 0.05) is 37.7 Å². The highest BCUT2D eigenvalue weighted by atomic mass is 32.2. The number of carbonyl (C=O) groups excluding carboxylic acids is 1. The zero-order valence-electron chi connectivity index (χ0n) is 14.4. The summed E-state index contributed by atoms with van der Waals surface area (Å²) in [6.45, 7) is 0.197. The molecule has 1 aromatic carbocycles. The molecule has 11 heteroatoms. The number of aromatic nitrogens is 1. The van der Waals surface area contributed by atoms with Crippen molar-refractivity contribution in [3.8, 4) is 0 Å². The van der Waals surface area contributed by atoms with Crippen molar-refractivity contribution in [2.75, 3.05) is 24.7 Å². The van der Waals surface area contributed by atoms with Crippen LogP contribution in [0.1, 0.15) is 0 Å². The summed E-state index contributed by atoms with van der Waals surface area (Å²) in [5.74, 6) is -0.382. The molecule has 0 aliphatic heterocycles. The van der Waals surface area contributed by atoms with E-state index in [0.29, 0.717) is 0 Å². The van der Waals surface area contributed by atoms with Crippen molar-refractivity contribution >= 4 is 27.1 Å². The normalized spacial score (nSPS) is 11.0. The first-order valence-electron chi connectivity index (χ1n) is 7.83. The second-order valence-electron chi connectivity index (χ2n) is 5.65. The van der Waals surface area contributed by atoms with E-state index >= 15 is 0 Å². The van der Waals surface area contributed by atoms with Gasteiger partial charge in [0.15, 0.2) is 9.84 Å². The van der Waals surface area contributed by atoms with Crippen LogP contribution in [0.4, 0.5) is 11.4 Å². The van der Waals surface area contributed by atoms with E-state index in [2.05, 4.69) is 10.6 Å². The summed E-state index contributed by atoms with van der Waals surface area (Å²) < 4.78 is 24.3. The molecule has 27 heavy (non-hydrogen) atoms. The van der Waals surface area contributed by atoms with Crippen molar-refractivity contribution in [3.05, 3.63) is 63.1 Å². The summed E-state index contributed by atoms with van der Waals surface area (Å²) >= 11 is 0. The predicted molar refractivity (Wildman–Crippen MR) is 98.4 cm³/mol. The fourth-order valence-corrected chi connectivity index (χ4v) is 2.88. The van der Waals surface area contributed by atoms with Crippen LogP contribution in [0.2, 0.25) is 0 Å². The van der Waals surface area contributed by atoms with Gasteiger partial charge in [0.1, 0.15) is 12.2 Å². The molecule has 0 fully saturated rings. The van der Waals surface area contributed by atoms with Crippen molar-refractivity contribution in [2.45, 2.75) is 11.4 Å². The molecule has 1 aromatic heterocycles. The van der Waals surface area contributed by atoms with E-state index in [-0.39, 0.29) is 47.4 Å². The fourth-order valence-electron chi connectivity index (χ4n) is 2.24. The molecule has 2 N–H and O–H groups in total. The number of sulfone groups is 1. The molecule has 0 aliphatic rings. The van der Waals surface area contributed by atoms with Crippen LogP contribution in [0.25, 0.3) is 0 Å². The Morgan fingerprint density at radius 3 is 2.59 bits per heavy atom. The van der Waals surface area contributed by atoms with Gasteiger partial charge >= 0.3 is 0 Å². The second kappa shape index (κ2) is 8.45. The average molecular weight is 394 g/mol. The minimum Gasteiger partial charge on any atom is -0.378 e. The Kier molecular flexibility index (Phi) is 6.29. The van der Waals surface area contributed by atoms with Crippen molar-refractivity contribution < 1.29 is 18.1 Å². The number of carbonyl (C=O) groups is 1. The van der Waals surface area contributed by atoms with E-state index in [4.69, 9.17) is 0 Å². The third-order valence-corrected chi connectivity index (χ3v) is 4.68. The number of nitro benzene ring substituents is 1. The number of pyridine rings is 1. The largest absolute Gasteiger partial charge is 0.378 e. The summed E-state index contributed by atoms with van der Waals surface area (Å²) in [6.07, 6.45) is 2.46. The Hall–Kier alpha value is -3.21. The molecule has 0 atom stereocenters. The third-order valence-electron chi connectivity index (χ3n) is 3.57. The lowest BCUT2D eigenvalue weighted by Gasteiger charge is -2.10. The highest BCUT2D eigenvalue weighted by molar-refractivity contribution is 7.90. The van der Waals surface area contributed by atoms with Gasteiger partial charge in [0.25, 0.3) is 11.2 Å². The molecule has 1 amide bonds. The lowest BCUT2D eigenvalue weighted by atomic mass is 10.2. The van der Waals surface area contributed by atoms with E-state index in [0.717, 1.165) is 12.3 Å². The average Bonchev–Trinajstić information content (AvgIpc) is 2.59. The van der Waals surface area contributed by atoms with Crippen LogP contribution in [0.5, 0.6) is 0 Å². The van der Waals surface area contributed by atoms with Gasteiger partial charge in [-0.3, -0.25) is 19.7 Å². The molecule has 0 aliphatic carbocycles. The molecule has 0 radical (unpaired) electrons. The van der Waals surface area contributed by atoms with Gasteiger partial charge in [0.05, 0.1) is 9.82 Å². The Morgan fingerprint density at radius 2 is 1.96 bits per heavy atom. The number of rotatable bonds is 8. The van der Waals surface area contributed by atoms with Crippen LogP contribution in [-0.2, 0) is 21.2 Å². The van der Waals surface area contributed by atoms with E-state index in [9.17, 15) is 28.1 Å². The predicted octanol–water partition coefficient (Wildman–Crippen LogP) is 0.388. The molecule has 10 nitrogen and oxygen atoms in total. The van der Waals surface area contributed by atoms with E-state index in [1.807, 2.05) is 0 Å². The monoisotopic (exact) mass is 394 g/mol. The number of nitrogens with zero attached hydrogens (tertiary/aromatic N) is 2. The van der Waals surface area contributed by atoms with Crippen LogP contribution in [0.3, 0.4) is 0 Å². The fraction of sp³-hybridized carbons (Fsp3) is 0.250. The van der Waals surface area contributed by atoms with Crippen LogP contribution in [0, 0.1) is 10.1 Å². The first kappa shape index (κ1) is 20.1. The van der Waals surface area contributed by atoms with Crippen LogP contribution >= 0.6 is 0 Å². The summed E-state index contributed by atoms with van der Waals surface area (Å²) in [4.78, 5) is 33.7. The molecular formula is C16H18N4O6S. The second-order valence-corrected chi connectivity index (χ2v) is 7.67. The number of nitro groups is 1. The van der Waals surface area contributed by atoms with Crippen molar-refractivity contribution in [1.82, 2.24) is 9.88 Å². The quantitative estimate of drug-likeness (QED) is 0.375. The van der Waals surface area contributed by atoms with Gasteiger partial charge < -0.3 is 15.2 Å². The Labute approximate surface area is 154 Å². The molecule has 0 unspecified atom stereocenters. The maximum Gasteiger partial charge on any atom is 0.293 e. The van der Waals surface area contributed by atoms with Crippen molar-refractivity contribution in [3.63, 3.8) is 0 Å². The van der Waals surface area contributed by atoms with Crippen molar-refractivity contribution in [2.24, 2.45) is 0 Å². The zero-order chi connectivity index (χ0) is 20.0. The van der Waals surface area contributed by atoms with Gasteiger partial charge in [-0.2, -0.15) is 0 Å². The standard InChI is InChI=1S/C16H18N4O6S/c1-27(25,26)12-5-6-13(14(10-12)20(23)24)17-7-8-18-15(21)11-19-9-3-2-4-16(19)22/h2-6,9-10,17H,7-8,11H2,1H3,(H,18,21). The van der Waals surface area contributed by atoms with E-state index in [1.54, 1.807) is 12.1 Å². The van der Waals surface area contributed by atoms with Gasteiger partial charge in [0.2, 0.25) is 5.91 Å². The minimum absolute atomic E-state index is 0.136. The molecule has 144 valence electrons. The molecule has 0 spiro atoms.